The highest BCUT2D eigenvalue weighted by Crippen LogP contribution is 2.02. The van der Waals surface area contributed by atoms with Gasteiger partial charge in [0.2, 0.25) is 0 Å². The lowest BCUT2D eigenvalue weighted by molar-refractivity contribution is -0.131. The van der Waals surface area contributed by atoms with Crippen LogP contribution >= 0.6 is 0 Å². The van der Waals surface area contributed by atoms with Crippen molar-refractivity contribution < 1.29 is 38.8 Å². The quantitative estimate of drug-likeness (QED) is 0.376. The molecule has 0 aromatic carbocycles. The molecule has 0 bridgehead atoms. The van der Waals surface area contributed by atoms with E-state index in [0.29, 0.717) is 0 Å². The lowest BCUT2D eigenvalue weighted by Gasteiger charge is -2.19. The zero-order chi connectivity index (χ0) is 10.4. The molecule has 0 spiro atoms. The molecule has 0 aromatic heterocycles. The second-order valence-electron chi connectivity index (χ2n) is 1.19. The Labute approximate surface area is 79.8 Å². The van der Waals surface area contributed by atoms with E-state index in [0.717, 1.165) is 0 Å². The van der Waals surface area contributed by atoms with Gasteiger partial charge in [0.1, 0.15) is 0 Å². The minimum absolute atomic E-state index is 2.38. The van der Waals surface area contributed by atoms with Gasteiger partial charge in [0.15, 0.2) is 0 Å². The van der Waals surface area contributed by atoms with Gasteiger partial charge in [-0.2, -0.15) is 0 Å². The van der Waals surface area contributed by atoms with Crippen molar-refractivity contribution in [2.75, 3.05) is 0 Å². The SMILES string of the molecule is O=S([O-])OC(OS(=O)[O-])OS(=O)[O-]. The Bertz CT molecular complexity index is 185. The Morgan fingerprint density at radius 2 is 1.00 bits per heavy atom. The maximum absolute atomic E-state index is 9.79. The Morgan fingerprint density at radius 3 is 1.15 bits per heavy atom. The maximum Gasteiger partial charge on any atom is 0.307 e. The Kier molecular flexibility index (Phi) is 6.74. The molecule has 0 rings (SSSR count). The summed E-state index contributed by atoms with van der Waals surface area (Å²) in [5.74, 6) is 0. The topological polar surface area (TPSA) is 148 Å². The van der Waals surface area contributed by atoms with E-state index in [1.165, 1.54) is 0 Å². The first kappa shape index (κ1) is 13.2. The van der Waals surface area contributed by atoms with E-state index < -0.39 is 40.6 Å². The minimum Gasteiger partial charge on any atom is -0.750 e. The normalized spacial score (nSPS) is 20.5. The van der Waals surface area contributed by atoms with Crippen molar-refractivity contribution >= 4 is 34.1 Å². The van der Waals surface area contributed by atoms with Crippen LogP contribution in [0.25, 0.3) is 0 Å². The van der Waals surface area contributed by atoms with Crippen LogP contribution in [0.3, 0.4) is 0 Å². The van der Waals surface area contributed by atoms with Gasteiger partial charge in [-0.3, -0.25) is 0 Å². The highest BCUT2D eigenvalue weighted by molar-refractivity contribution is 7.75. The number of rotatable bonds is 6. The maximum atomic E-state index is 9.79. The van der Waals surface area contributed by atoms with Crippen molar-refractivity contribution in [3.63, 3.8) is 0 Å². The molecule has 13 heavy (non-hydrogen) atoms. The van der Waals surface area contributed by atoms with E-state index in [9.17, 15) is 26.3 Å². The van der Waals surface area contributed by atoms with Crippen LogP contribution in [0.2, 0.25) is 0 Å². The number of hydrogen-bond donors (Lipinski definition) is 0. The molecule has 0 aliphatic carbocycles. The molecule has 0 saturated carbocycles. The summed E-state index contributed by atoms with van der Waals surface area (Å²) in [6, 6.07) is 0. The summed E-state index contributed by atoms with van der Waals surface area (Å²) >= 11 is -9.53. The Balaban J connectivity index is 4.10. The first-order valence-corrected chi connectivity index (χ1v) is 5.21. The van der Waals surface area contributed by atoms with E-state index >= 15 is 0 Å². The van der Waals surface area contributed by atoms with Gasteiger partial charge < -0.3 is 13.7 Å². The Hall–Kier alpha value is 0.210. The van der Waals surface area contributed by atoms with Crippen molar-refractivity contribution in [3.8, 4) is 0 Å². The largest absolute Gasteiger partial charge is 0.750 e. The van der Waals surface area contributed by atoms with Gasteiger partial charge in [-0.15, -0.1) is 0 Å². The molecule has 0 saturated heterocycles. The number of hydrogen-bond acceptors (Lipinski definition) is 9. The summed E-state index contributed by atoms with van der Waals surface area (Å²) in [5.41, 5.74) is 0. The van der Waals surface area contributed by atoms with Gasteiger partial charge in [0.25, 0.3) is 0 Å². The fraction of sp³-hybridized carbons (Fsp3) is 1.00. The van der Waals surface area contributed by atoms with Crippen LogP contribution < -0.4 is 0 Å². The van der Waals surface area contributed by atoms with Crippen LogP contribution in [0.15, 0.2) is 0 Å². The predicted octanol–water partition coefficient (Wildman–Crippen LogP) is -2.30. The molecular weight excluding hydrogens is 252 g/mol. The summed E-state index contributed by atoms with van der Waals surface area (Å²) < 4.78 is 69.4. The van der Waals surface area contributed by atoms with Gasteiger partial charge in [0, 0.05) is 0 Å². The van der Waals surface area contributed by atoms with E-state index in [1.54, 1.807) is 0 Å². The molecule has 0 fully saturated rings. The highest BCUT2D eigenvalue weighted by Gasteiger charge is 2.12. The lowest BCUT2D eigenvalue weighted by atomic mass is 11.4. The molecule has 80 valence electrons. The van der Waals surface area contributed by atoms with E-state index in [2.05, 4.69) is 12.5 Å². The zero-order valence-corrected chi connectivity index (χ0v) is 7.93. The molecule has 9 nitrogen and oxygen atoms in total. The molecular formula is CHO9S3-3. The summed E-state index contributed by atoms with van der Waals surface area (Å²) in [4.78, 5) is 0. The van der Waals surface area contributed by atoms with Gasteiger partial charge >= 0.3 is 6.48 Å². The summed E-state index contributed by atoms with van der Waals surface area (Å²) in [7, 11) is 0. The van der Waals surface area contributed by atoms with Crippen LogP contribution in [-0.4, -0.2) is 32.8 Å². The third-order valence-corrected chi connectivity index (χ3v) is 1.41. The van der Waals surface area contributed by atoms with Crippen LogP contribution in [0, 0.1) is 0 Å². The predicted molar refractivity (Wildman–Crippen MR) is 33.8 cm³/mol. The molecule has 0 aliphatic heterocycles. The van der Waals surface area contributed by atoms with E-state index in [4.69, 9.17) is 0 Å². The van der Waals surface area contributed by atoms with Crippen molar-refractivity contribution in [1.29, 1.82) is 0 Å². The molecule has 0 heterocycles. The lowest BCUT2D eigenvalue weighted by Crippen LogP contribution is -2.24. The summed E-state index contributed by atoms with van der Waals surface area (Å²) in [6.45, 7) is -2.38. The van der Waals surface area contributed by atoms with Crippen molar-refractivity contribution in [3.05, 3.63) is 0 Å². The molecule has 0 aromatic rings. The zero-order valence-electron chi connectivity index (χ0n) is 5.48. The third kappa shape index (κ3) is 8.54. The molecule has 0 radical (unpaired) electrons. The first-order chi connectivity index (χ1) is 5.91. The third-order valence-electron chi connectivity index (χ3n) is 0.471. The Morgan fingerprint density at radius 1 is 0.769 bits per heavy atom. The standard InChI is InChI=1S/CH4O9S3/c2-11(3)8-1(9-12(4)5)10-13(6)7/h1H,(H,2,3)(H,4,5)(H,6,7)/p-3. The highest BCUT2D eigenvalue weighted by atomic mass is 32.2. The monoisotopic (exact) mass is 253 g/mol. The molecule has 0 amide bonds. The second kappa shape index (κ2) is 6.63. The minimum atomic E-state index is -3.18. The second-order valence-corrected chi connectivity index (χ2v) is 2.99. The fourth-order valence-electron chi connectivity index (χ4n) is 0.241. The van der Waals surface area contributed by atoms with E-state index in [-0.39, 0.29) is 0 Å². The molecule has 3 unspecified atom stereocenters. The molecule has 3 atom stereocenters. The summed E-state index contributed by atoms with van der Waals surface area (Å²) in [6.07, 6.45) is 0. The van der Waals surface area contributed by atoms with Crippen LogP contribution in [0.5, 0.6) is 0 Å². The van der Waals surface area contributed by atoms with Crippen molar-refractivity contribution in [2.24, 2.45) is 0 Å². The van der Waals surface area contributed by atoms with Crippen LogP contribution in [-0.2, 0) is 46.6 Å². The molecule has 0 N–H and O–H groups in total. The first-order valence-electron chi connectivity index (χ1n) is 2.21. The molecule has 0 aliphatic rings. The smallest absolute Gasteiger partial charge is 0.307 e. The van der Waals surface area contributed by atoms with Crippen LogP contribution in [0.4, 0.5) is 0 Å². The average Bonchev–Trinajstić information content (AvgIpc) is 1.80. The average molecular weight is 253 g/mol. The van der Waals surface area contributed by atoms with Gasteiger partial charge in [-0.1, -0.05) is 0 Å². The van der Waals surface area contributed by atoms with Crippen molar-refractivity contribution in [2.45, 2.75) is 6.48 Å². The molecule has 12 heteroatoms. The van der Waals surface area contributed by atoms with Crippen molar-refractivity contribution in [1.82, 2.24) is 0 Å². The summed E-state index contributed by atoms with van der Waals surface area (Å²) in [5, 5.41) is 0. The van der Waals surface area contributed by atoms with Crippen LogP contribution in [0.1, 0.15) is 0 Å². The van der Waals surface area contributed by atoms with E-state index in [1.807, 2.05) is 0 Å². The van der Waals surface area contributed by atoms with Gasteiger partial charge in [-0.05, 0) is 0 Å². The van der Waals surface area contributed by atoms with Gasteiger partial charge in [-0.25, -0.2) is 25.2 Å². The fourth-order valence-corrected chi connectivity index (χ4v) is 1.01. The van der Waals surface area contributed by atoms with Gasteiger partial charge in [0.05, 0.1) is 34.1 Å².